The first-order valence-electron chi connectivity index (χ1n) is 5.39. The highest BCUT2D eigenvalue weighted by Crippen LogP contribution is 2.27. The van der Waals surface area contributed by atoms with E-state index in [0.717, 1.165) is 16.9 Å². The molecule has 0 aromatic carbocycles. The lowest BCUT2D eigenvalue weighted by atomic mass is 10.2. The number of carboxylic acids is 1. The molecule has 4 N–H and O–H groups in total. The maximum Gasteiger partial charge on any atom is 0.348 e. The molecule has 0 atom stereocenters. The van der Waals surface area contributed by atoms with E-state index >= 15 is 0 Å². The van der Waals surface area contributed by atoms with Crippen molar-refractivity contribution >= 4 is 46.6 Å². The SMILES string of the molecule is Cc1csc(C(=O)O)c1NC(=O)CCSCC(N)=O. The van der Waals surface area contributed by atoms with Crippen LogP contribution in [-0.4, -0.2) is 34.4 Å². The van der Waals surface area contributed by atoms with E-state index in [9.17, 15) is 14.4 Å². The first kappa shape index (κ1) is 15.5. The number of nitrogens with two attached hydrogens (primary N) is 1. The van der Waals surface area contributed by atoms with Gasteiger partial charge in [0.15, 0.2) is 0 Å². The van der Waals surface area contributed by atoms with E-state index in [0.29, 0.717) is 11.4 Å². The van der Waals surface area contributed by atoms with E-state index in [1.54, 1.807) is 12.3 Å². The fraction of sp³-hybridized carbons (Fsp3) is 0.364. The lowest BCUT2D eigenvalue weighted by Crippen LogP contribution is -2.16. The zero-order valence-corrected chi connectivity index (χ0v) is 11.9. The van der Waals surface area contributed by atoms with E-state index in [1.807, 2.05) is 0 Å². The van der Waals surface area contributed by atoms with Gasteiger partial charge in [-0.2, -0.15) is 11.8 Å². The summed E-state index contributed by atoms with van der Waals surface area (Å²) in [6.07, 6.45) is 0.201. The van der Waals surface area contributed by atoms with Crippen LogP contribution in [0.3, 0.4) is 0 Å². The molecule has 1 rings (SSSR count). The summed E-state index contributed by atoms with van der Waals surface area (Å²) in [5.41, 5.74) is 6.04. The van der Waals surface area contributed by atoms with Crippen molar-refractivity contribution in [3.63, 3.8) is 0 Å². The third-order valence-corrected chi connectivity index (χ3v) is 4.22. The number of carbonyl (C=O) groups is 3. The van der Waals surface area contributed by atoms with Crippen molar-refractivity contribution in [2.75, 3.05) is 16.8 Å². The normalized spacial score (nSPS) is 10.2. The van der Waals surface area contributed by atoms with Gasteiger partial charge in [-0.05, 0) is 17.9 Å². The highest BCUT2D eigenvalue weighted by molar-refractivity contribution is 7.99. The number of carboxylic acid groups (broad SMARTS) is 1. The van der Waals surface area contributed by atoms with Gasteiger partial charge in [-0.25, -0.2) is 4.79 Å². The summed E-state index contributed by atoms with van der Waals surface area (Å²) in [6, 6.07) is 0. The number of hydrogen-bond acceptors (Lipinski definition) is 5. The number of rotatable bonds is 7. The van der Waals surface area contributed by atoms with Gasteiger partial charge < -0.3 is 16.2 Å². The molecule has 0 unspecified atom stereocenters. The smallest absolute Gasteiger partial charge is 0.348 e. The molecule has 1 aromatic heterocycles. The number of anilines is 1. The van der Waals surface area contributed by atoms with Crippen LogP contribution in [-0.2, 0) is 9.59 Å². The Labute approximate surface area is 118 Å². The van der Waals surface area contributed by atoms with Crippen LogP contribution in [0.4, 0.5) is 5.69 Å². The van der Waals surface area contributed by atoms with Crippen molar-refractivity contribution in [1.82, 2.24) is 0 Å². The number of thiophene rings is 1. The number of aryl methyl sites for hydroxylation is 1. The molecule has 2 amide bonds. The third-order valence-electron chi connectivity index (χ3n) is 2.15. The van der Waals surface area contributed by atoms with Crippen LogP contribution in [0.2, 0.25) is 0 Å². The fourth-order valence-corrected chi connectivity index (χ4v) is 2.81. The molecular weight excluding hydrogens is 288 g/mol. The molecule has 0 aliphatic carbocycles. The number of nitrogens with one attached hydrogen (secondary N) is 1. The van der Waals surface area contributed by atoms with Gasteiger partial charge in [0.25, 0.3) is 0 Å². The standard InChI is InChI=1S/C11H14N2O4S2/c1-6-4-19-10(11(16)17)9(6)13-8(15)2-3-18-5-7(12)14/h4H,2-3,5H2,1H3,(H2,12,14)(H,13,15)(H,16,17). The molecular formula is C11H14N2O4S2. The molecule has 104 valence electrons. The average Bonchev–Trinajstić information content (AvgIpc) is 2.66. The Hall–Kier alpha value is -1.54. The zero-order chi connectivity index (χ0) is 14.4. The topological polar surface area (TPSA) is 109 Å². The quantitative estimate of drug-likeness (QED) is 0.658. The highest BCUT2D eigenvalue weighted by atomic mass is 32.2. The minimum absolute atomic E-state index is 0.121. The Bertz CT molecular complexity index is 499. The number of hydrogen-bond donors (Lipinski definition) is 3. The molecule has 0 saturated carbocycles. The van der Waals surface area contributed by atoms with Crippen LogP contribution in [0.1, 0.15) is 21.7 Å². The van der Waals surface area contributed by atoms with Crippen LogP contribution < -0.4 is 11.1 Å². The first-order valence-corrected chi connectivity index (χ1v) is 7.42. The molecule has 0 aliphatic rings. The summed E-state index contributed by atoms with van der Waals surface area (Å²) in [5, 5.41) is 13.2. The molecule has 0 saturated heterocycles. The summed E-state index contributed by atoms with van der Waals surface area (Å²) >= 11 is 2.35. The minimum atomic E-state index is -1.06. The van der Waals surface area contributed by atoms with Gasteiger partial charge in [-0.15, -0.1) is 11.3 Å². The Kier molecular flexibility index (Phi) is 5.84. The van der Waals surface area contributed by atoms with Gasteiger partial charge in [-0.1, -0.05) is 0 Å². The molecule has 1 heterocycles. The van der Waals surface area contributed by atoms with Crippen molar-refractivity contribution in [2.45, 2.75) is 13.3 Å². The summed E-state index contributed by atoms with van der Waals surface area (Å²) in [4.78, 5) is 33.2. The monoisotopic (exact) mass is 302 g/mol. The van der Waals surface area contributed by atoms with Gasteiger partial charge in [-0.3, -0.25) is 9.59 Å². The van der Waals surface area contributed by atoms with Crippen molar-refractivity contribution in [1.29, 1.82) is 0 Å². The molecule has 0 spiro atoms. The Morgan fingerprint density at radius 2 is 2.16 bits per heavy atom. The lowest BCUT2D eigenvalue weighted by Gasteiger charge is -2.06. The maximum absolute atomic E-state index is 11.7. The molecule has 19 heavy (non-hydrogen) atoms. The molecule has 0 radical (unpaired) electrons. The minimum Gasteiger partial charge on any atom is -0.477 e. The Morgan fingerprint density at radius 3 is 2.74 bits per heavy atom. The lowest BCUT2D eigenvalue weighted by molar-refractivity contribution is -0.116. The molecule has 1 aromatic rings. The summed E-state index contributed by atoms with van der Waals surface area (Å²) in [6.45, 7) is 1.74. The van der Waals surface area contributed by atoms with Crippen LogP contribution >= 0.6 is 23.1 Å². The van der Waals surface area contributed by atoms with Crippen molar-refractivity contribution in [3.05, 3.63) is 15.8 Å². The second-order valence-electron chi connectivity index (χ2n) is 3.75. The summed E-state index contributed by atoms with van der Waals surface area (Å²) < 4.78 is 0. The van der Waals surface area contributed by atoms with Gasteiger partial charge in [0, 0.05) is 12.2 Å². The number of thioether (sulfide) groups is 1. The van der Waals surface area contributed by atoms with E-state index < -0.39 is 11.9 Å². The van der Waals surface area contributed by atoms with Crippen LogP contribution in [0, 0.1) is 6.92 Å². The predicted octanol–water partition coefficient (Wildman–Crippen LogP) is 1.30. The van der Waals surface area contributed by atoms with Crippen molar-refractivity contribution in [2.24, 2.45) is 5.73 Å². The van der Waals surface area contributed by atoms with E-state index in [-0.39, 0.29) is 23.0 Å². The second-order valence-corrected chi connectivity index (χ2v) is 5.73. The van der Waals surface area contributed by atoms with Gasteiger partial charge >= 0.3 is 5.97 Å². The second kappa shape index (κ2) is 7.15. The Morgan fingerprint density at radius 1 is 1.47 bits per heavy atom. The third kappa shape index (κ3) is 4.92. The molecule has 8 heteroatoms. The van der Waals surface area contributed by atoms with E-state index in [4.69, 9.17) is 10.8 Å². The largest absolute Gasteiger partial charge is 0.477 e. The van der Waals surface area contributed by atoms with E-state index in [1.165, 1.54) is 11.8 Å². The number of amides is 2. The van der Waals surface area contributed by atoms with Crippen LogP contribution in [0.15, 0.2) is 5.38 Å². The maximum atomic E-state index is 11.7. The van der Waals surface area contributed by atoms with Crippen LogP contribution in [0.25, 0.3) is 0 Å². The van der Waals surface area contributed by atoms with Crippen LogP contribution in [0.5, 0.6) is 0 Å². The van der Waals surface area contributed by atoms with Gasteiger partial charge in [0.2, 0.25) is 11.8 Å². The van der Waals surface area contributed by atoms with Crippen molar-refractivity contribution in [3.8, 4) is 0 Å². The predicted molar refractivity (Wildman–Crippen MR) is 75.8 cm³/mol. The molecule has 0 fully saturated rings. The van der Waals surface area contributed by atoms with E-state index in [2.05, 4.69) is 5.32 Å². The Balaban J connectivity index is 2.50. The first-order chi connectivity index (χ1) is 8.91. The number of carbonyl (C=O) groups excluding carboxylic acids is 2. The summed E-state index contributed by atoms with van der Waals surface area (Å²) in [7, 11) is 0. The average molecular weight is 302 g/mol. The van der Waals surface area contributed by atoms with Crippen molar-refractivity contribution < 1.29 is 19.5 Å². The summed E-state index contributed by atoms with van der Waals surface area (Å²) in [5.74, 6) is -1.13. The number of primary amides is 1. The van der Waals surface area contributed by atoms with Gasteiger partial charge in [0.05, 0.1) is 11.4 Å². The van der Waals surface area contributed by atoms with Gasteiger partial charge in [0.1, 0.15) is 4.88 Å². The zero-order valence-electron chi connectivity index (χ0n) is 10.3. The molecule has 0 bridgehead atoms. The fourth-order valence-electron chi connectivity index (χ4n) is 1.30. The molecule has 6 nitrogen and oxygen atoms in total. The highest BCUT2D eigenvalue weighted by Gasteiger charge is 2.17. The number of aromatic carboxylic acids is 1. The molecule has 0 aliphatic heterocycles.